The summed E-state index contributed by atoms with van der Waals surface area (Å²) in [5.41, 5.74) is 0.0723. The van der Waals surface area contributed by atoms with Gasteiger partial charge in [-0.1, -0.05) is 6.07 Å². The van der Waals surface area contributed by atoms with Gasteiger partial charge in [-0.05, 0) is 30.3 Å². The van der Waals surface area contributed by atoms with E-state index in [1.54, 1.807) is 0 Å². The Morgan fingerprint density at radius 3 is 2.62 bits per heavy atom. The SMILES string of the molecule is NS(=O)(=O)c1cccc(NC(=O)COC(=O)c2cc3cc([N+](=O)[O-])ccc3s2)c1. The lowest BCUT2D eigenvalue weighted by Crippen LogP contribution is -2.21. The van der Waals surface area contributed by atoms with Crippen molar-refractivity contribution in [1.29, 1.82) is 0 Å². The fourth-order valence-electron chi connectivity index (χ4n) is 2.40. The average molecular weight is 435 g/mol. The van der Waals surface area contributed by atoms with Crippen molar-refractivity contribution in [2.45, 2.75) is 4.90 Å². The van der Waals surface area contributed by atoms with Crippen molar-refractivity contribution < 1.29 is 27.7 Å². The molecule has 3 N–H and O–H groups in total. The number of nitro groups is 1. The zero-order valence-electron chi connectivity index (χ0n) is 14.5. The Labute approximate surface area is 168 Å². The standard InChI is InChI=1S/C17H13N3O7S2/c18-29(25,26)13-3-1-2-11(8-13)19-16(21)9-27-17(22)15-7-10-6-12(20(23)24)4-5-14(10)28-15/h1-8H,9H2,(H,19,21)(H2,18,25,26). The van der Waals surface area contributed by atoms with Gasteiger partial charge in [0.05, 0.1) is 9.82 Å². The van der Waals surface area contributed by atoms with Crippen LogP contribution >= 0.6 is 11.3 Å². The summed E-state index contributed by atoms with van der Waals surface area (Å²) in [6.45, 7) is -0.604. The van der Waals surface area contributed by atoms with E-state index in [0.717, 1.165) is 11.3 Å². The molecule has 0 atom stereocenters. The summed E-state index contributed by atoms with van der Waals surface area (Å²) in [7, 11) is -3.92. The van der Waals surface area contributed by atoms with Crippen molar-refractivity contribution in [2.75, 3.05) is 11.9 Å². The van der Waals surface area contributed by atoms with Gasteiger partial charge in [-0.15, -0.1) is 11.3 Å². The number of anilines is 1. The number of sulfonamides is 1. The van der Waals surface area contributed by atoms with Crippen molar-refractivity contribution >= 4 is 54.7 Å². The van der Waals surface area contributed by atoms with E-state index < -0.39 is 33.4 Å². The zero-order valence-corrected chi connectivity index (χ0v) is 16.2. The lowest BCUT2D eigenvalue weighted by atomic mass is 10.2. The number of esters is 1. The molecule has 0 aliphatic carbocycles. The van der Waals surface area contributed by atoms with Crippen LogP contribution in [0.3, 0.4) is 0 Å². The van der Waals surface area contributed by atoms with Crippen LogP contribution in [0.4, 0.5) is 11.4 Å². The number of nitrogens with two attached hydrogens (primary N) is 1. The van der Waals surface area contributed by atoms with Crippen molar-refractivity contribution in [1.82, 2.24) is 0 Å². The summed E-state index contributed by atoms with van der Waals surface area (Å²) >= 11 is 1.08. The maximum Gasteiger partial charge on any atom is 0.348 e. The third kappa shape index (κ3) is 4.93. The molecule has 12 heteroatoms. The minimum Gasteiger partial charge on any atom is -0.451 e. The van der Waals surface area contributed by atoms with E-state index in [-0.39, 0.29) is 21.1 Å². The number of hydrogen-bond donors (Lipinski definition) is 2. The second-order valence-corrected chi connectivity index (χ2v) is 8.43. The number of hydrogen-bond acceptors (Lipinski definition) is 8. The predicted molar refractivity (Wildman–Crippen MR) is 105 cm³/mol. The number of rotatable bonds is 6. The summed E-state index contributed by atoms with van der Waals surface area (Å²) < 4.78 is 28.3. The van der Waals surface area contributed by atoms with E-state index in [4.69, 9.17) is 9.88 Å². The average Bonchev–Trinajstić information content (AvgIpc) is 3.09. The Bertz CT molecular complexity index is 1230. The lowest BCUT2D eigenvalue weighted by Gasteiger charge is -2.07. The molecule has 0 spiro atoms. The second-order valence-electron chi connectivity index (χ2n) is 5.79. The Morgan fingerprint density at radius 1 is 1.17 bits per heavy atom. The normalized spacial score (nSPS) is 11.2. The summed E-state index contributed by atoms with van der Waals surface area (Å²) in [6, 6.07) is 10.9. The second kappa shape index (κ2) is 7.95. The molecule has 0 unspecified atom stereocenters. The zero-order chi connectivity index (χ0) is 21.2. The first-order valence-corrected chi connectivity index (χ1v) is 10.3. The molecule has 2 aromatic carbocycles. The van der Waals surface area contributed by atoms with Gasteiger partial charge in [-0.3, -0.25) is 14.9 Å². The number of primary sulfonamides is 1. The summed E-state index contributed by atoms with van der Waals surface area (Å²) in [5.74, 6) is -1.44. The number of carbonyl (C=O) groups excluding carboxylic acids is 2. The third-order valence-electron chi connectivity index (χ3n) is 3.69. The fraction of sp³-hybridized carbons (Fsp3) is 0.0588. The smallest absolute Gasteiger partial charge is 0.348 e. The van der Waals surface area contributed by atoms with Crippen molar-refractivity contribution in [2.24, 2.45) is 5.14 Å². The highest BCUT2D eigenvalue weighted by atomic mass is 32.2. The summed E-state index contributed by atoms with van der Waals surface area (Å²) in [5, 5.41) is 18.8. The Kier molecular flexibility index (Phi) is 5.59. The number of nitro benzene ring substituents is 1. The topological polar surface area (TPSA) is 159 Å². The molecule has 29 heavy (non-hydrogen) atoms. The maximum atomic E-state index is 12.2. The van der Waals surface area contributed by atoms with Gasteiger partial charge in [-0.25, -0.2) is 18.4 Å². The molecular weight excluding hydrogens is 422 g/mol. The van der Waals surface area contributed by atoms with E-state index in [2.05, 4.69) is 5.32 Å². The highest BCUT2D eigenvalue weighted by Gasteiger charge is 2.16. The van der Waals surface area contributed by atoms with E-state index >= 15 is 0 Å². The quantitative estimate of drug-likeness (QED) is 0.341. The number of fused-ring (bicyclic) bond motifs is 1. The number of thiophene rings is 1. The molecule has 1 heterocycles. The first-order valence-electron chi connectivity index (χ1n) is 7.91. The molecule has 150 valence electrons. The number of nitrogens with one attached hydrogen (secondary N) is 1. The van der Waals surface area contributed by atoms with Crippen molar-refractivity contribution in [3.05, 3.63) is 63.5 Å². The molecule has 0 saturated heterocycles. The molecule has 0 fully saturated rings. The molecular formula is C17H13N3O7S2. The maximum absolute atomic E-state index is 12.2. The molecule has 10 nitrogen and oxygen atoms in total. The van der Waals surface area contributed by atoms with E-state index in [1.807, 2.05) is 0 Å². The van der Waals surface area contributed by atoms with Crippen LogP contribution in [-0.2, 0) is 19.6 Å². The van der Waals surface area contributed by atoms with Gasteiger partial charge in [0.2, 0.25) is 10.0 Å². The van der Waals surface area contributed by atoms with E-state index in [1.165, 1.54) is 48.5 Å². The molecule has 1 amide bonds. The molecule has 3 aromatic rings. The van der Waals surface area contributed by atoms with Gasteiger partial charge in [0.1, 0.15) is 4.88 Å². The van der Waals surface area contributed by atoms with Gasteiger partial charge in [-0.2, -0.15) is 0 Å². The fourth-order valence-corrected chi connectivity index (χ4v) is 3.89. The Hall–Kier alpha value is -3.35. The molecule has 3 rings (SSSR count). The van der Waals surface area contributed by atoms with E-state index in [9.17, 15) is 28.1 Å². The molecule has 0 radical (unpaired) electrons. The molecule has 0 bridgehead atoms. The Balaban J connectivity index is 1.64. The van der Waals surface area contributed by atoms with Gasteiger partial charge < -0.3 is 10.1 Å². The van der Waals surface area contributed by atoms with Crippen LogP contribution in [-0.4, -0.2) is 31.8 Å². The summed E-state index contributed by atoms with van der Waals surface area (Å²) in [6.07, 6.45) is 0. The highest BCUT2D eigenvalue weighted by Crippen LogP contribution is 2.29. The van der Waals surface area contributed by atoms with Gasteiger partial charge >= 0.3 is 5.97 Å². The number of carbonyl (C=O) groups is 2. The first-order chi connectivity index (χ1) is 13.6. The molecule has 0 saturated carbocycles. The van der Waals surface area contributed by atoms with Crippen LogP contribution < -0.4 is 10.5 Å². The first kappa shape index (κ1) is 20.4. The monoisotopic (exact) mass is 435 g/mol. The number of amides is 1. The minimum atomic E-state index is -3.92. The highest BCUT2D eigenvalue weighted by molar-refractivity contribution is 7.89. The predicted octanol–water partition coefficient (Wildman–Crippen LogP) is 2.25. The molecule has 1 aromatic heterocycles. The van der Waals surface area contributed by atoms with Crippen LogP contribution in [0.2, 0.25) is 0 Å². The van der Waals surface area contributed by atoms with Crippen molar-refractivity contribution in [3.8, 4) is 0 Å². The van der Waals surface area contributed by atoms with Crippen LogP contribution in [0.25, 0.3) is 10.1 Å². The van der Waals surface area contributed by atoms with Gasteiger partial charge in [0.15, 0.2) is 6.61 Å². The van der Waals surface area contributed by atoms with Crippen LogP contribution in [0.5, 0.6) is 0 Å². The largest absolute Gasteiger partial charge is 0.451 e. The van der Waals surface area contributed by atoms with Crippen LogP contribution in [0, 0.1) is 10.1 Å². The minimum absolute atomic E-state index is 0.101. The third-order valence-corrected chi connectivity index (χ3v) is 5.70. The molecule has 0 aliphatic rings. The number of nitrogens with zero attached hydrogens (tertiary/aromatic N) is 1. The van der Waals surface area contributed by atoms with E-state index in [0.29, 0.717) is 10.1 Å². The van der Waals surface area contributed by atoms with Crippen molar-refractivity contribution in [3.63, 3.8) is 0 Å². The summed E-state index contributed by atoms with van der Waals surface area (Å²) in [4.78, 5) is 34.4. The van der Waals surface area contributed by atoms with Gasteiger partial charge in [0.25, 0.3) is 11.6 Å². The lowest BCUT2D eigenvalue weighted by molar-refractivity contribution is -0.384. The number of non-ortho nitro benzene ring substituents is 1. The number of ether oxygens (including phenoxy) is 1. The van der Waals surface area contributed by atoms with Gasteiger partial charge in [0, 0.05) is 27.9 Å². The number of benzene rings is 2. The Morgan fingerprint density at radius 2 is 1.93 bits per heavy atom. The van der Waals surface area contributed by atoms with Crippen LogP contribution in [0.15, 0.2) is 53.4 Å². The molecule has 0 aliphatic heterocycles. The van der Waals surface area contributed by atoms with Crippen LogP contribution in [0.1, 0.15) is 9.67 Å².